The van der Waals surface area contributed by atoms with Crippen LogP contribution in [-0.4, -0.2) is 16.6 Å². The Kier molecular flexibility index (Phi) is 5.02. The number of nitrogens with two attached hydrogens (primary N) is 1. The smallest absolute Gasteiger partial charge is 0.375 e. The molecule has 1 aliphatic heterocycles. The minimum Gasteiger partial charge on any atom is -0.375 e. The van der Waals surface area contributed by atoms with Crippen LogP contribution in [0.15, 0.2) is 60.8 Å². The van der Waals surface area contributed by atoms with Gasteiger partial charge >= 0.3 is 6.18 Å². The van der Waals surface area contributed by atoms with Crippen LogP contribution in [0.3, 0.4) is 0 Å². The first-order chi connectivity index (χ1) is 13.8. The Morgan fingerprint density at radius 1 is 1.10 bits per heavy atom. The van der Waals surface area contributed by atoms with E-state index in [1.165, 1.54) is 6.07 Å². The number of aromatic nitrogens is 1. The molecule has 0 aliphatic carbocycles. The van der Waals surface area contributed by atoms with Crippen molar-refractivity contribution in [3.8, 4) is 0 Å². The van der Waals surface area contributed by atoms with Gasteiger partial charge < -0.3 is 15.7 Å². The van der Waals surface area contributed by atoms with E-state index in [0.29, 0.717) is 23.2 Å². The minimum absolute atomic E-state index is 0.306. The summed E-state index contributed by atoms with van der Waals surface area (Å²) >= 11 is 0. The normalized spacial score (nSPS) is 14.7. The van der Waals surface area contributed by atoms with Crippen LogP contribution in [0, 0.1) is 0 Å². The molecule has 1 aliphatic rings. The molecule has 1 aromatic heterocycles. The maximum atomic E-state index is 13.0. The molecule has 4 nitrogen and oxygen atoms in total. The van der Waals surface area contributed by atoms with E-state index in [4.69, 9.17) is 5.73 Å². The summed E-state index contributed by atoms with van der Waals surface area (Å²) in [7, 11) is 0. The molecule has 4 rings (SSSR count). The lowest BCUT2D eigenvalue weighted by molar-refractivity contribution is -0.137. The van der Waals surface area contributed by atoms with E-state index in [9.17, 15) is 18.3 Å². The van der Waals surface area contributed by atoms with Gasteiger partial charge in [0.25, 0.3) is 0 Å². The number of anilines is 2. The second-order valence-electron chi connectivity index (χ2n) is 7.07. The van der Waals surface area contributed by atoms with Crippen LogP contribution < -0.4 is 10.6 Å². The molecule has 0 bridgehead atoms. The van der Waals surface area contributed by atoms with Gasteiger partial charge in [0, 0.05) is 41.8 Å². The third kappa shape index (κ3) is 3.97. The third-order valence-electron chi connectivity index (χ3n) is 5.13. The van der Waals surface area contributed by atoms with Crippen molar-refractivity contribution >= 4 is 11.4 Å². The molecule has 0 radical (unpaired) electrons. The van der Waals surface area contributed by atoms with Gasteiger partial charge in [0.05, 0.1) is 5.56 Å². The van der Waals surface area contributed by atoms with E-state index < -0.39 is 18.0 Å². The van der Waals surface area contributed by atoms with Gasteiger partial charge in [-0.3, -0.25) is 4.98 Å². The van der Waals surface area contributed by atoms with Crippen molar-refractivity contribution in [3.05, 3.63) is 88.7 Å². The van der Waals surface area contributed by atoms with Gasteiger partial charge in [-0.1, -0.05) is 30.3 Å². The predicted molar refractivity (Wildman–Crippen MR) is 105 cm³/mol. The fraction of sp³-hybridized carbons (Fsp3) is 0.227. The number of pyridine rings is 1. The highest BCUT2D eigenvalue weighted by Gasteiger charge is 2.30. The van der Waals surface area contributed by atoms with Crippen LogP contribution in [0.5, 0.6) is 0 Å². The maximum Gasteiger partial charge on any atom is 0.416 e. The Morgan fingerprint density at radius 3 is 2.66 bits per heavy atom. The molecule has 29 heavy (non-hydrogen) atoms. The Balaban J connectivity index is 1.61. The number of rotatable bonds is 4. The number of fused-ring (bicyclic) bond motifs is 1. The van der Waals surface area contributed by atoms with Gasteiger partial charge in [-0.05, 0) is 41.8 Å². The first-order valence-electron chi connectivity index (χ1n) is 9.27. The standard InChI is InChI=1S/C22H20F3N3O/c23-22(24,25)15-4-1-3-14(11-15)12-16-13-17(7-9-27-16)28-10-8-18-19(21(26)29)5-2-6-20(18)28/h1-7,9,11,13,21,29H,8,10,12,26H2. The number of aliphatic hydroxyl groups excluding tert-OH is 1. The van der Waals surface area contributed by atoms with Crippen LogP contribution in [-0.2, 0) is 19.0 Å². The zero-order valence-electron chi connectivity index (χ0n) is 15.5. The van der Waals surface area contributed by atoms with E-state index in [1.807, 2.05) is 30.3 Å². The number of halogens is 3. The molecule has 7 heteroatoms. The molecule has 1 atom stereocenters. The number of hydrogen-bond donors (Lipinski definition) is 2. The van der Waals surface area contributed by atoms with Gasteiger partial charge in [0.1, 0.15) is 6.23 Å². The van der Waals surface area contributed by atoms with Gasteiger partial charge in [0.2, 0.25) is 0 Å². The number of nitrogens with zero attached hydrogens (tertiary/aromatic N) is 2. The monoisotopic (exact) mass is 399 g/mol. The number of aliphatic hydroxyl groups is 1. The van der Waals surface area contributed by atoms with Crippen molar-refractivity contribution in [1.82, 2.24) is 4.98 Å². The highest BCUT2D eigenvalue weighted by molar-refractivity contribution is 5.71. The Hall–Kier alpha value is -2.90. The molecule has 0 fully saturated rings. The molecular weight excluding hydrogens is 379 g/mol. The SMILES string of the molecule is NC(O)c1cccc2c1CCN2c1ccnc(Cc2cccc(C(F)(F)F)c2)c1. The maximum absolute atomic E-state index is 13.0. The van der Waals surface area contributed by atoms with Gasteiger partial charge in [0.15, 0.2) is 0 Å². The highest BCUT2D eigenvalue weighted by atomic mass is 19.4. The van der Waals surface area contributed by atoms with Crippen LogP contribution in [0.1, 0.15) is 34.2 Å². The second kappa shape index (κ2) is 7.50. The summed E-state index contributed by atoms with van der Waals surface area (Å²) in [5.41, 5.74) is 9.86. The summed E-state index contributed by atoms with van der Waals surface area (Å²) in [6.07, 6.45) is -2.67. The van der Waals surface area contributed by atoms with E-state index in [1.54, 1.807) is 12.3 Å². The zero-order valence-corrected chi connectivity index (χ0v) is 15.5. The first-order valence-corrected chi connectivity index (χ1v) is 9.27. The number of benzene rings is 2. The average Bonchev–Trinajstić information content (AvgIpc) is 3.12. The van der Waals surface area contributed by atoms with Gasteiger partial charge in [-0.2, -0.15) is 13.2 Å². The first kappa shape index (κ1) is 19.4. The number of alkyl halides is 3. The van der Waals surface area contributed by atoms with Gasteiger partial charge in [-0.15, -0.1) is 0 Å². The third-order valence-corrected chi connectivity index (χ3v) is 5.13. The molecule has 0 saturated carbocycles. The summed E-state index contributed by atoms with van der Waals surface area (Å²) in [5.74, 6) is 0. The van der Waals surface area contributed by atoms with E-state index >= 15 is 0 Å². The topological polar surface area (TPSA) is 62.4 Å². The fourth-order valence-corrected chi connectivity index (χ4v) is 3.80. The van der Waals surface area contributed by atoms with E-state index in [-0.39, 0.29) is 0 Å². The predicted octanol–water partition coefficient (Wildman–Crippen LogP) is 4.34. The average molecular weight is 399 g/mol. The molecule has 2 aromatic carbocycles. The summed E-state index contributed by atoms with van der Waals surface area (Å²) in [4.78, 5) is 6.44. The van der Waals surface area contributed by atoms with Gasteiger partial charge in [-0.25, -0.2) is 0 Å². The zero-order chi connectivity index (χ0) is 20.6. The van der Waals surface area contributed by atoms with Crippen molar-refractivity contribution in [1.29, 1.82) is 0 Å². The van der Waals surface area contributed by atoms with Crippen LogP contribution in [0.25, 0.3) is 0 Å². The Morgan fingerprint density at radius 2 is 1.90 bits per heavy atom. The molecule has 3 aromatic rings. The van der Waals surface area contributed by atoms with Crippen molar-refractivity contribution in [3.63, 3.8) is 0 Å². The van der Waals surface area contributed by atoms with E-state index in [0.717, 1.165) is 42.0 Å². The van der Waals surface area contributed by atoms with Crippen molar-refractivity contribution in [2.75, 3.05) is 11.4 Å². The van der Waals surface area contributed by atoms with Crippen molar-refractivity contribution in [2.45, 2.75) is 25.2 Å². The second-order valence-corrected chi connectivity index (χ2v) is 7.07. The molecule has 3 N–H and O–H groups in total. The summed E-state index contributed by atoms with van der Waals surface area (Å²) in [6.45, 7) is 0.728. The molecule has 0 saturated heterocycles. The van der Waals surface area contributed by atoms with E-state index in [2.05, 4.69) is 9.88 Å². The molecule has 0 amide bonds. The molecule has 1 unspecified atom stereocenters. The molecular formula is C22H20F3N3O. The number of hydrogen-bond acceptors (Lipinski definition) is 4. The Bertz CT molecular complexity index is 1030. The lowest BCUT2D eigenvalue weighted by atomic mass is 10.0. The summed E-state index contributed by atoms with van der Waals surface area (Å²) in [5, 5.41) is 9.80. The molecule has 150 valence electrons. The quantitative estimate of drug-likeness (QED) is 0.641. The van der Waals surface area contributed by atoms with Crippen LogP contribution >= 0.6 is 0 Å². The lowest BCUT2D eigenvalue weighted by Gasteiger charge is -2.21. The Labute approximate surface area is 166 Å². The molecule has 2 heterocycles. The lowest BCUT2D eigenvalue weighted by Crippen LogP contribution is -2.14. The largest absolute Gasteiger partial charge is 0.416 e. The van der Waals surface area contributed by atoms with Crippen LogP contribution in [0.4, 0.5) is 24.5 Å². The fourth-order valence-electron chi connectivity index (χ4n) is 3.80. The van der Waals surface area contributed by atoms with Crippen molar-refractivity contribution in [2.24, 2.45) is 5.73 Å². The summed E-state index contributed by atoms with van der Waals surface area (Å²) in [6, 6.07) is 14.7. The van der Waals surface area contributed by atoms with Crippen LogP contribution in [0.2, 0.25) is 0 Å². The highest BCUT2D eigenvalue weighted by Crippen LogP contribution is 2.37. The van der Waals surface area contributed by atoms with Crippen molar-refractivity contribution < 1.29 is 18.3 Å². The minimum atomic E-state index is -4.37. The summed E-state index contributed by atoms with van der Waals surface area (Å²) < 4.78 is 38.9. The molecule has 0 spiro atoms.